The lowest BCUT2D eigenvalue weighted by atomic mass is 10.1. The molecule has 0 aromatic heterocycles. The van der Waals surface area contributed by atoms with Crippen molar-refractivity contribution in [2.24, 2.45) is 0 Å². The predicted octanol–water partition coefficient (Wildman–Crippen LogP) is 1.85. The van der Waals surface area contributed by atoms with Crippen molar-refractivity contribution in [3.05, 3.63) is 0 Å². The Bertz CT molecular complexity index is 420. The van der Waals surface area contributed by atoms with Crippen LogP contribution < -0.4 is 5.32 Å². The van der Waals surface area contributed by atoms with Crippen molar-refractivity contribution < 1.29 is 24.0 Å². The zero-order valence-corrected chi connectivity index (χ0v) is 13.8. The molecule has 0 aromatic rings. The van der Waals surface area contributed by atoms with Gasteiger partial charge in [-0.05, 0) is 12.8 Å². The average molecular weight is 326 g/mol. The normalized spacial score (nSPS) is 14.2. The highest BCUT2D eigenvalue weighted by Crippen LogP contribution is 2.13. The van der Waals surface area contributed by atoms with Crippen LogP contribution in [0.3, 0.4) is 0 Å². The van der Waals surface area contributed by atoms with Gasteiger partial charge in [-0.1, -0.05) is 32.6 Å². The summed E-state index contributed by atoms with van der Waals surface area (Å²) in [7, 11) is 0. The number of unbranched alkanes of at least 4 members (excludes halogenated alkanes) is 4. The van der Waals surface area contributed by atoms with Crippen molar-refractivity contribution in [2.45, 2.75) is 71.1 Å². The topological polar surface area (TPSA) is 92.8 Å². The summed E-state index contributed by atoms with van der Waals surface area (Å²) in [5, 5.41) is 3.34. The lowest BCUT2D eigenvalue weighted by molar-refractivity contribution is -0.197. The average Bonchev–Trinajstić information content (AvgIpc) is 2.82. The lowest BCUT2D eigenvalue weighted by Crippen LogP contribution is -2.32. The number of amides is 3. The number of carbonyl (C=O) groups is 4. The number of imide groups is 1. The molecular weight excluding hydrogens is 300 g/mol. The molecule has 3 amide bonds. The van der Waals surface area contributed by atoms with E-state index >= 15 is 0 Å². The molecule has 130 valence electrons. The van der Waals surface area contributed by atoms with E-state index in [2.05, 4.69) is 12.2 Å². The van der Waals surface area contributed by atoms with Crippen molar-refractivity contribution in [3.63, 3.8) is 0 Å². The molecular formula is C16H26N2O5. The highest BCUT2D eigenvalue weighted by atomic mass is 16.7. The quantitative estimate of drug-likeness (QED) is 0.462. The number of nitrogens with one attached hydrogen (secondary N) is 1. The van der Waals surface area contributed by atoms with Crippen LogP contribution in [0.15, 0.2) is 0 Å². The van der Waals surface area contributed by atoms with Gasteiger partial charge >= 0.3 is 5.97 Å². The third-order valence-corrected chi connectivity index (χ3v) is 3.59. The van der Waals surface area contributed by atoms with Crippen molar-refractivity contribution >= 4 is 23.7 Å². The minimum Gasteiger partial charge on any atom is -0.356 e. The zero-order chi connectivity index (χ0) is 17.1. The van der Waals surface area contributed by atoms with Gasteiger partial charge < -0.3 is 10.2 Å². The van der Waals surface area contributed by atoms with E-state index in [0.29, 0.717) is 18.0 Å². The molecule has 1 N–H and O–H groups in total. The smallest absolute Gasteiger partial charge is 0.333 e. The van der Waals surface area contributed by atoms with Crippen molar-refractivity contribution in [3.8, 4) is 0 Å². The van der Waals surface area contributed by atoms with Gasteiger partial charge in [0.1, 0.15) is 0 Å². The molecule has 0 bridgehead atoms. The Morgan fingerprint density at radius 2 is 1.65 bits per heavy atom. The summed E-state index contributed by atoms with van der Waals surface area (Å²) in [6, 6.07) is 0. The van der Waals surface area contributed by atoms with Gasteiger partial charge in [0, 0.05) is 32.2 Å². The Balaban J connectivity index is 2.04. The van der Waals surface area contributed by atoms with Gasteiger partial charge in [-0.15, -0.1) is 5.06 Å². The Hall–Kier alpha value is -1.92. The van der Waals surface area contributed by atoms with Gasteiger partial charge in [0.2, 0.25) is 5.91 Å². The van der Waals surface area contributed by atoms with Crippen LogP contribution in [-0.4, -0.2) is 35.3 Å². The van der Waals surface area contributed by atoms with E-state index in [1.54, 1.807) is 0 Å². The molecule has 1 heterocycles. The molecule has 1 fully saturated rings. The second-order valence-electron chi connectivity index (χ2n) is 5.66. The molecule has 1 aliphatic rings. The van der Waals surface area contributed by atoms with Crippen LogP contribution in [0.5, 0.6) is 0 Å². The first-order valence-electron chi connectivity index (χ1n) is 8.38. The first-order chi connectivity index (χ1) is 11.0. The maximum atomic E-state index is 11.6. The fourth-order valence-electron chi connectivity index (χ4n) is 2.24. The molecule has 1 aliphatic heterocycles. The van der Waals surface area contributed by atoms with E-state index in [-0.39, 0.29) is 31.6 Å². The fourth-order valence-corrected chi connectivity index (χ4v) is 2.24. The molecule has 0 spiro atoms. The lowest BCUT2D eigenvalue weighted by Gasteiger charge is -2.12. The Kier molecular flexibility index (Phi) is 8.94. The summed E-state index contributed by atoms with van der Waals surface area (Å²) in [6.45, 7) is 2.81. The summed E-state index contributed by atoms with van der Waals surface area (Å²) in [5.41, 5.74) is 0. The minimum absolute atomic E-state index is 0.000972. The van der Waals surface area contributed by atoms with E-state index in [1.807, 2.05) is 0 Å². The molecule has 0 aliphatic carbocycles. The molecule has 1 rings (SSSR count). The monoisotopic (exact) mass is 326 g/mol. The molecule has 7 heteroatoms. The van der Waals surface area contributed by atoms with Crippen molar-refractivity contribution in [1.29, 1.82) is 0 Å². The number of carbonyl (C=O) groups excluding carboxylic acids is 4. The number of nitrogens with zero attached hydrogens (tertiary/aromatic N) is 1. The van der Waals surface area contributed by atoms with E-state index in [1.165, 1.54) is 19.3 Å². The second-order valence-corrected chi connectivity index (χ2v) is 5.66. The number of hydroxylamine groups is 2. The van der Waals surface area contributed by atoms with Crippen molar-refractivity contribution in [2.75, 3.05) is 6.54 Å². The molecule has 1 saturated heterocycles. The summed E-state index contributed by atoms with van der Waals surface area (Å²) < 4.78 is 0. The highest BCUT2D eigenvalue weighted by molar-refractivity contribution is 6.01. The van der Waals surface area contributed by atoms with Gasteiger partial charge in [0.05, 0.1) is 0 Å². The Morgan fingerprint density at radius 3 is 2.30 bits per heavy atom. The Morgan fingerprint density at radius 1 is 1.00 bits per heavy atom. The molecule has 0 radical (unpaired) electrons. The first kappa shape index (κ1) is 19.1. The molecule has 7 nitrogen and oxygen atoms in total. The fraction of sp³-hybridized carbons (Fsp3) is 0.750. The third kappa shape index (κ3) is 7.76. The van der Waals surface area contributed by atoms with Gasteiger partial charge in [0.25, 0.3) is 11.8 Å². The van der Waals surface area contributed by atoms with E-state index in [9.17, 15) is 19.2 Å². The van der Waals surface area contributed by atoms with Crippen LogP contribution in [0.2, 0.25) is 0 Å². The highest BCUT2D eigenvalue weighted by Gasteiger charge is 2.32. The number of hydrogen-bond acceptors (Lipinski definition) is 5. The SMILES string of the molecule is CCCCCCCNC(=O)CCCC(=O)ON1C(=O)CCC1=O. The van der Waals surface area contributed by atoms with Gasteiger partial charge in [-0.3, -0.25) is 14.4 Å². The third-order valence-electron chi connectivity index (χ3n) is 3.59. The van der Waals surface area contributed by atoms with Crippen LogP contribution in [0.1, 0.15) is 71.1 Å². The van der Waals surface area contributed by atoms with E-state index < -0.39 is 17.8 Å². The van der Waals surface area contributed by atoms with Crippen LogP contribution in [0.25, 0.3) is 0 Å². The molecule has 23 heavy (non-hydrogen) atoms. The largest absolute Gasteiger partial charge is 0.356 e. The first-order valence-corrected chi connectivity index (χ1v) is 8.38. The molecule has 0 atom stereocenters. The van der Waals surface area contributed by atoms with Gasteiger partial charge in [0.15, 0.2) is 0 Å². The standard InChI is InChI=1S/C16H26N2O5/c1-2-3-4-5-6-12-17-13(19)8-7-9-16(22)23-18-14(20)10-11-15(18)21/h2-12H2,1H3,(H,17,19). The second kappa shape index (κ2) is 10.7. The van der Waals surface area contributed by atoms with Crippen LogP contribution in [-0.2, 0) is 24.0 Å². The zero-order valence-electron chi connectivity index (χ0n) is 13.8. The number of rotatable bonds is 11. The maximum absolute atomic E-state index is 11.6. The predicted molar refractivity (Wildman–Crippen MR) is 82.8 cm³/mol. The summed E-state index contributed by atoms with van der Waals surface area (Å²) >= 11 is 0. The Labute approximate surface area is 136 Å². The summed E-state index contributed by atoms with van der Waals surface area (Å²) in [6.07, 6.45) is 6.38. The van der Waals surface area contributed by atoms with E-state index in [4.69, 9.17) is 4.84 Å². The van der Waals surface area contributed by atoms with E-state index in [0.717, 1.165) is 12.8 Å². The number of hydrogen-bond donors (Lipinski definition) is 1. The van der Waals surface area contributed by atoms with Crippen LogP contribution >= 0.6 is 0 Å². The van der Waals surface area contributed by atoms with Crippen LogP contribution in [0, 0.1) is 0 Å². The van der Waals surface area contributed by atoms with Crippen molar-refractivity contribution in [1.82, 2.24) is 10.4 Å². The molecule has 0 saturated carbocycles. The molecule has 0 unspecified atom stereocenters. The summed E-state index contributed by atoms with van der Waals surface area (Å²) in [5.74, 6) is -1.75. The molecule has 0 aromatic carbocycles. The summed E-state index contributed by atoms with van der Waals surface area (Å²) in [4.78, 5) is 50.4. The van der Waals surface area contributed by atoms with Crippen LogP contribution in [0.4, 0.5) is 0 Å². The minimum atomic E-state index is -0.666. The van der Waals surface area contributed by atoms with Gasteiger partial charge in [-0.25, -0.2) is 4.79 Å². The van der Waals surface area contributed by atoms with Gasteiger partial charge in [-0.2, -0.15) is 0 Å². The maximum Gasteiger partial charge on any atom is 0.333 e.